The Bertz CT molecular complexity index is 843. The second kappa shape index (κ2) is 11.8. The standard InChI is InChI=1S/C24H31NO5/c1-17(2)30-20-12-8-18(9-13-20)7-6-16-25-22(26)15-11-19-10-14-21(27-3)24(29-5)23(19)28-4/h8-15,17H,6-7,16H2,1-5H3,(H,25,26)/b15-11+. The SMILES string of the molecule is COc1ccc(/C=C/C(=O)NCCCc2ccc(OC(C)C)cc2)c(OC)c1OC. The van der Waals surface area contributed by atoms with E-state index in [-0.39, 0.29) is 12.0 Å². The predicted octanol–water partition coefficient (Wildman–Crippen LogP) is 4.26. The Hall–Kier alpha value is -3.15. The molecule has 0 aliphatic heterocycles. The van der Waals surface area contributed by atoms with E-state index in [1.165, 1.54) is 11.6 Å². The molecular weight excluding hydrogens is 382 g/mol. The van der Waals surface area contributed by atoms with Gasteiger partial charge in [-0.1, -0.05) is 12.1 Å². The molecule has 0 saturated carbocycles. The number of carbonyl (C=O) groups is 1. The number of rotatable bonds is 11. The van der Waals surface area contributed by atoms with Crippen molar-refractivity contribution in [2.75, 3.05) is 27.9 Å². The number of ether oxygens (including phenoxy) is 4. The molecule has 6 nitrogen and oxygen atoms in total. The summed E-state index contributed by atoms with van der Waals surface area (Å²) >= 11 is 0. The van der Waals surface area contributed by atoms with Gasteiger partial charge in [0.15, 0.2) is 11.5 Å². The molecule has 0 aliphatic carbocycles. The van der Waals surface area contributed by atoms with Crippen LogP contribution in [0.5, 0.6) is 23.0 Å². The zero-order valence-electron chi connectivity index (χ0n) is 18.4. The first-order valence-corrected chi connectivity index (χ1v) is 9.99. The lowest BCUT2D eigenvalue weighted by Gasteiger charge is -2.14. The van der Waals surface area contributed by atoms with Gasteiger partial charge < -0.3 is 24.3 Å². The quantitative estimate of drug-likeness (QED) is 0.440. The second-order valence-corrected chi connectivity index (χ2v) is 6.96. The van der Waals surface area contributed by atoms with Gasteiger partial charge >= 0.3 is 0 Å². The summed E-state index contributed by atoms with van der Waals surface area (Å²) in [5.74, 6) is 2.29. The highest BCUT2D eigenvalue weighted by Gasteiger charge is 2.14. The monoisotopic (exact) mass is 413 g/mol. The maximum Gasteiger partial charge on any atom is 0.244 e. The Balaban J connectivity index is 1.84. The first kappa shape index (κ1) is 23.1. The van der Waals surface area contributed by atoms with Crippen LogP contribution in [0.15, 0.2) is 42.5 Å². The topological polar surface area (TPSA) is 66.0 Å². The van der Waals surface area contributed by atoms with Gasteiger partial charge in [0.05, 0.1) is 27.4 Å². The molecule has 30 heavy (non-hydrogen) atoms. The van der Waals surface area contributed by atoms with E-state index in [0.717, 1.165) is 24.2 Å². The zero-order valence-corrected chi connectivity index (χ0v) is 18.4. The van der Waals surface area contributed by atoms with Crippen LogP contribution in [-0.4, -0.2) is 39.9 Å². The molecule has 0 heterocycles. The third-order valence-electron chi connectivity index (χ3n) is 4.39. The van der Waals surface area contributed by atoms with Crippen LogP contribution >= 0.6 is 0 Å². The van der Waals surface area contributed by atoms with E-state index in [4.69, 9.17) is 18.9 Å². The summed E-state index contributed by atoms with van der Waals surface area (Å²) in [7, 11) is 4.66. The number of amides is 1. The molecule has 0 aromatic heterocycles. The van der Waals surface area contributed by atoms with E-state index in [2.05, 4.69) is 17.4 Å². The predicted molar refractivity (Wildman–Crippen MR) is 119 cm³/mol. The third-order valence-corrected chi connectivity index (χ3v) is 4.39. The summed E-state index contributed by atoms with van der Waals surface area (Å²) in [5, 5.41) is 2.90. The van der Waals surface area contributed by atoms with Gasteiger partial charge in [-0.3, -0.25) is 4.79 Å². The number of aryl methyl sites for hydroxylation is 1. The third kappa shape index (κ3) is 6.72. The largest absolute Gasteiger partial charge is 0.493 e. The number of methoxy groups -OCH3 is 3. The van der Waals surface area contributed by atoms with Crippen molar-refractivity contribution >= 4 is 12.0 Å². The number of carbonyl (C=O) groups excluding carboxylic acids is 1. The summed E-state index contributed by atoms with van der Waals surface area (Å²) in [6.07, 6.45) is 5.09. The maximum absolute atomic E-state index is 12.1. The highest BCUT2D eigenvalue weighted by atomic mass is 16.5. The van der Waals surface area contributed by atoms with Crippen molar-refractivity contribution in [1.29, 1.82) is 0 Å². The highest BCUT2D eigenvalue weighted by Crippen LogP contribution is 2.40. The summed E-state index contributed by atoms with van der Waals surface area (Å²) in [5.41, 5.74) is 1.94. The second-order valence-electron chi connectivity index (χ2n) is 6.96. The Labute approximate surface area is 178 Å². The summed E-state index contributed by atoms with van der Waals surface area (Å²) in [6.45, 7) is 4.61. The van der Waals surface area contributed by atoms with Crippen molar-refractivity contribution in [3.05, 3.63) is 53.6 Å². The van der Waals surface area contributed by atoms with Gasteiger partial charge in [-0.2, -0.15) is 0 Å². The van der Waals surface area contributed by atoms with E-state index in [9.17, 15) is 4.79 Å². The molecule has 0 fully saturated rings. The van der Waals surface area contributed by atoms with Crippen LogP contribution in [0.4, 0.5) is 0 Å². The molecular formula is C24H31NO5. The number of nitrogens with one attached hydrogen (secondary N) is 1. The van der Waals surface area contributed by atoms with Gasteiger partial charge in [-0.15, -0.1) is 0 Å². The normalized spacial score (nSPS) is 10.9. The van der Waals surface area contributed by atoms with Gasteiger partial charge in [0, 0.05) is 18.2 Å². The van der Waals surface area contributed by atoms with Gasteiger partial charge in [-0.25, -0.2) is 0 Å². The van der Waals surface area contributed by atoms with Crippen molar-refractivity contribution in [2.24, 2.45) is 0 Å². The molecule has 2 rings (SSSR count). The average Bonchev–Trinajstić information content (AvgIpc) is 2.75. The molecule has 0 bridgehead atoms. The van der Waals surface area contributed by atoms with Crippen molar-refractivity contribution < 1.29 is 23.7 Å². The Morgan fingerprint density at radius 2 is 1.67 bits per heavy atom. The smallest absolute Gasteiger partial charge is 0.244 e. The molecule has 0 aliphatic rings. The fourth-order valence-electron chi connectivity index (χ4n) is 2.99. The summed E-state index contributed by atoms with van der Waals surface area (Å²) in [4.78, 5) is 12.1. The van der Waals surface area contributed by atoms with Gasteiger partial charge in [-0.05, 0) is 62.6 Å². The van der Waals surface area contributed by atoms with Crippen LogP contribution in [0, 0.1) is 0 Å². The van der Waals surface area contributed by atoms with Gasteiger partial charge in [0.1, 0.15) is 5.75 Å². The minimum Gasteiger partial charge on any atom is -0.493 e. The van der Waals surface area contributed by atoms with Crippen LogP contribution in [0.1, 0.15) is 31.4 Å². The molecule has 2 aromatic rings. The molecule has 0 saturated heterocycles. The van der Waals surface area contributed by atoms with Crippen LogP contribution < -0.4 is 24.3 Å². The minimum absolute atomic E-state index is 0.160. The molecule has 2 aromatic carbocycles. The lowest BCUT2D eigenvalue weighted by Crippen LogP contribution is -2.22. The van der Waals surface area contributed by atoms with Crippen LogP contribution in [-0.2, 0) is 11.2 Å². The molecule has 1 N–H and O–H groups in total. The molecule has 0 spiro atoms. The van der Waals surface area contributed by atoms with Crippen LogP contribution in [0.2, 0.25) is 0 Å². The molecule has 1 amide bonds. The van der Waals surface area contributed by atoms with Crippen molar-refractivity contribution in [3.63, 3.8) is 0 Å². The number of benzene rings is 2. The lowest BCUT2D eigenvalue weighted by atomic mass is 10.1. The molecule has 0 unspecified atom stereocenters. The van der Waals surface area contributed by atoms with E-state index in [1.807, 2.05) is 32.0 Å². The fraction of sp³-hybridized carbons (Fsp3) is 0.375. The van der Waals surface area contributed by atoms with Gasteiger partial charge in [0.25, 0.3) is 0 Å². The first-order chi connectivity index (χ1) is 14.5. The number of hydrogen-bond acceptors (Lipinski definition) is 5. The van der Waals surface area contributed by atoms with Crippen molar-refractivity contribution in [3.8, 4) is 23.0 Å². The Morgan fingerprint density at radius 1 is 0.967 bits per heavy atom. The van der Waals surface area contributed by atoms with E-state index >= 15 is 0 Å². The maximum atomic E-state index is 12.1. The minimum atomic E-state index is -0.160. The average molecular weight is 414 g/mol. The highest BCUT2D eigenvalue weighted by molar-refractivity contribution is 5.92. The fourth-order valence-corrected chi connectivity index (χ4v) is 2.99. The van der Waals surface area contributed by atoms with Crippen LogP contribution in [0.3, 0.4) is 0 Å². The number of hydrogen-bond donors (Lipinski definition) is 1. The van der Waals surface area contributed by atoms with E-state index in [1.54, 1.807) is 33.5 Å². The van der Waals surface area contributed by atoms with Crippen LogP contribution in [0.25, 0.3) is 6.08 Å². The zero-order chi connectivity index (χ0) is 21.9. The first-order valence-electron chi connectivity index (χ1n) is 9.99. The van der Waals surface area contributed by atoms with E-state index < -0.39 is 0 Å². The van der Waals surface area contributed by atoms with Crippen molar-refractivity contribution in [2.45, 2.75) is 32.8 Å². The summed E-state index contributed by atoms with van der Waals surface area (Å²) < 4.78 is 21.7. The molecule has 162 valence electrons. The Kier molecular flexibility index (Phi) is 9.06. The van der Waals surface area contributed by atoms with Crippen molar-refractivity contribution in [1.82, 2.24) is 5.32 Å². The lowest BCUT2D eigenvalue weighted by molar-refractivity contribution is -0.116. The molecule has 0 radical (unpaired) electrons. The molecule has 6 heteroatoms. The van der Waals surface area contributed by atoms with E-state index in [0.29, 0.717) is 23.8 Å². The summed E-state index contributed by atoms with van der Waals surface area (Å²) in [6, 6.07) is 11.7. The van der Waals surface area contributed by atoms with Gasteiger partial charge in [0.2, 0.25) is 11.7 Å². The Morgan fingerprint density at radius 3 is 2.27 bits per heavy atom. The molecule has 0 atom stereocenters.